The lowest BCUT2D eigenvalue weighted by molar-refractivity contribution is 0.597. The van der Waals surface area contributed by atoms with Crippen LogP contribution in [0, 0.1) is 12.8 Å². The predicted molar refractivity (Wildman–Crippen MR) is 65.1 cm³/mol. The molecule has 0 saturated heterocycles. The highest BCUT2D eigenvalue weighted by Crippen LogP contribution is 2.51. The molecule has 0 aliphatic heterocycles. The average molecular weight is 239 g/mol. The van der Waals surface area contributed by atoms with Crippen molar-refractivity contribution in [3.05, 3.63) is 35.4 Å². The van der Waals surface area contributed by atoms with Crippen molar-refractivity contribution in [2.45, 2.75) is 18.1 Å². The molecule has 3 nitrogen and oxygen atoms in total. The lowest BCUT2D eigenvalue weighted by Gasteiger charge is -2.00. The predicted octanol–water partition coefficient (Wildman–Crippen LogP) is 1.08. The maximum atomic E-state index is 11.6. The minimum absolute atomic E-state index is 0.0951. The van der Waals surface area contributed by atoms with Gasteiger partial charge in [-0.15, -0.1) is 0 Å². The molecule has 2 rings (SSSR count). The molecule has 1 aliphatic carbocycles. The number of aryl methyl sites for hydroxylation is 1. The molecule has 1 aromatic carbocycles. The van der Waals surface area contributed by atoms with E-state index in [1.165, 1.54) is 11.8 Å². The van der Waals surface area contributed by atoms with Gasteiger partial charge in [0.25, 0.3) is 0 Å². The van der Waals surface area contributed by atoms with Crippen molar-refractivity contribution in [3.63, 3.8) is 0 Å². The number of hydrogen-bond acceptors (Lipinski definition) is 3. The van der Waals surface area contributed by atoms with Gasteiger partial charge in [0.15, 0.2) is 9.84 Å². The molecule has 16 heavy (non-hydrogen) atoms. The highest BCUT2D eigenvalue weighted by atomic mass is 32.2. The summed E-state index contributed by atoms with van der Waals surface area (Å²) in [5, 5.41) is -0.278. The third-order valence-corrected chi connectivity index (χ3v) is 4.96. The van der Waals surface area contributed by atoms with Gasteiger partial charge in [0, 0.05) is 12.2 Å². The lowest BCUT2D eigenvalue weighted by Crippen LogP contribution is -2.11. The van der Waals surface area contributed by atoms with E-state index in [1.807, 2.05) is 31.2 Å². The van der Waals surface area contributed by atoms with Crippen LogP contribution in [0.25, 0.3) is 0 Å². The van der Waals surface area contributed by atoms with Gasteiger partial charge >= 0.3 is 0 Å². The maximum Gasteiger partial charge on any atom is 0.151 e. The highest BCUT2D eigenvalue weighted by molar-refractivity contribution is 7.91. The molecule has 1 aliphatic rings. The molecule has 0 unspecified atom stereocenters. The fourth-order valence-corrected chi connectivity index (χ4v) is 4.15. The van der Waals surface area contributed by atoms with Crippen LogP contribution in [0.5, 0.6) is 0 Å². The van der Waals surface area contributed by atoms with E-state index >= 15 is 0 Å². The fraction of sp³-hybridized carbons (Fsp3) is 0.500. The van der Waals surface area contributed by atoms with Crippen molar-refractivity contribution in [1.82, 2.24) is 0 Å². The standard InChI is InChI=1S/C12H17NO2S/c1-8-3-5-9(6-4-8)11-10(7-13)12(11)16(2,14)15/h3-6,10-12H,7,13H2,1-2H3/t10-,11+,12-/m0/s1. The molecule has 0 heterocycles. The van der Waals surface area contributed by atoms with E-state index in [9.17, 15) is 8.42 Å². The molecule has 2 N–H and O–H groups in total. The van der Waals surface area contributed by atoms with Crippen LogP contribution in [0.3, 0.4) is 0 Å². The molecule has 0 amide bonds. The van der Waals surface area contributed by atoms with Gasteiger partial charge in [0.2, 0.25) is 0 Å². The number of rotatable bonds is 3. The minimum atomic E-state index is -2.98. The number of sulfone groups is 1. The van der Waals surface area contributed by atoms with Gasteiger partial charge in [-0.25, -0.2) is 8.42 Å². The van der Waals surface area contributed by atoms with Crippen LogP contribution in [0.2, 0.25) is 0 Å². The van der Waals surface area contributed by atoms with Crippen LogP contribution in [0.15, 0.2) is 24.3 Å². The zero-order chi connectivity index (χ0) is 11.9. The van der Waals surface area contributed by atoms with Crippen LogP contribution in [0.4, 0.5) is 0 Å². The largest absolute Gasteiger partial charge is 0.330 e. The lowest BCUT2D eigenvalue weighted by atomic mass is 10.1. The molecular formula is C12H17NO2S. The van der Waals surface area contributed by atoms with Gasteiger partial charge in [0.05, 0.1) is 5.25 Å². The van der Waals surface area contributed by atoms with E-state index in [-0.39, 0.29) is 17.1 Å². The SMILES string of the molecule is Cc1ccc([C@@H]2[C@H](CN)[C@@H]2S(C)(=O)=O)cc1. The Hall–Kier alpha value is -0.870. The third kappa shape index (κ3) is 1.99. The minimum Gasteiger partial charge on any atom is -0.330 e. The topological polar surface area (TPSA) is 60.2 Å². The molecule has 88 valence electrons. The molecule has 1 fully saturated rings. The van der Waals surface area contributed by atoms with E-state index in [1.54, 1.807) is 0 Å². The summed E-state index contributed by atoms with van der Waals surface area (Å²) in [6.07, 6.45) is 1.30. The molecule has 4 heteroatoms. The van der Waals surface area contributed by atoms with E-state index in [4.69, 9.17) is 5.73 Å². The Morgan fingerprint density at radius 2 is 1.81 bits per heavy atom. The van der Waals surface area contributed by atoms with Crippen LogP contribution in [0.1, 0.15) is 17.0 Å². The Labute approximate surface area is 96.6 Å². The molecule has 1 saturated carbocycles. The summed E-state index contributed by atoms with van der Waals surface area (Å²) in [5.74, 6) is 0.193. The first-order valence-electron chi connectivity index (χ1n) is 5.40. The van der Waals surface area contributed by atoms with Gasteiger partial charge in [-0.3, -0.25) is 0 Å². The summed E-state index contributed by atoms with van der Waals surface area (Å²) in [4.78, 5) is 0. The smallest absolute Gasteiger partial charge is 0.151 e. The Balaban J connectivity index is 2.27. The fourth-order valence-electron chi connectivity index (χ4n) is 2.43. The van der Waals surface area contributed by atoms with Gasteiger partial charge in [-0.05, 0) is 24.9 Å². The normalized spacial score (nSPS) is 29.1. The van der Waals surface area contributed by atoms with Gasteiger partial charge in [-0.2, -0.15) is 0 Å². The van der Waals surface area contributed by atoms with Crippen molar-refractivity contribution >= 4 is 9.84 Å². The summed E-state index contributed by atoms with van der Waals surface area (Å²) in [7, 11) is -2.98. The van der Waals surface area contributed by atoms with Crippen molar-refractivity contribution in [1.29, 1.82) is 0 Å². The second-order valence-corrected chi connectivity index (χ2v) is 6.83. The zero-order valence-electron chi connectivity index (χ0n) is 9.55. The zero-order valence-corrected chi connectivity index (χ0v) is 10.4. The molecule has 0 radical (unpaired) electrons. The van der Waals surface area contributed by atoms with Crippen molar-refractivity contribution in [2.75, 3.05) is 12.8 Å². The first kappa shape index (κ1) is 11.6. The summed E-state index contributed by atoms with van der Waals surface area (Å²) in [6, 6.07) is 8.04. The molecule has 3 atom stereocenters. The van der Waals surface area contributed by atoms with E-state index in [2.05, 4.69) is 0 Å². The van der Waals surface area contributed by atoms with Crippen LogP contribution in [-0.2, 0) is 9.84 Å². The molecule has 0 spiro atoms. The van der Waals surface area contributed by atoms with E-state index < -0.39 is 9.84 Å². The number of hydrogen-bond donors (Lipinski definition) is 1. The number of benzene rings is 1. The summed E-state index contributed by atoms with van der Waals surface area (Å²) >= 11 is 0. The Morgan fingerprint density at radius 1 is 1.25 bits per heavy atom. The van der Waals surface area contributed by atoms with Gasteiger partial charge in [-0.1, -0.05) is 29.8 Å². The molecule has 1 aromatic rings. The second kappa shape index (κ2) is 3.86. The average Bonchev–Trinajstić information content (AvgIpc) is 2.92. The van der Waals surface area contributed by atoms with Crippen LogP contribution in [-0.4, -0.2) is 26.5 Å². The summed E-state index contributed by atoms with van der Waals surface area (Å²) < 4.78 is 23.1. The van der Waals surface area contributed by atoms with Gasteiger partial charge < -0.3 is 5.73 Å². The second-order valence-electron chi connectivity index (χ2n) is 4.63. The van der Waals surface area contributed by atoms with E-state index in [0.29, 0.717) is 6.54 Å². The first-order valence-corrected chi connectivity index (χ1v) is 7.36. The van der Waals surface area contributed by atoms with Crippen molar-refractivity contribution < 1.29 is 8.42 Å². The Kier molecular flexibility index (Phi) is 2.80. The number of nitrogens with two attached hydrogens (primary N) is 1. The molecule has 0 bridgehead atoms. The van der Waals surface area contributed by atoms with Crippen molar-refractivity contribution in [3.8, 4) is 0 Å². The Morgan fingerprint density at radius 3 is 2.19 bits per heavy atom. The summed E-state index contributed by atoms with van der Waals surface area (Å²) in [6.45, 7) is 2.46. The highest BCUT2D eigenvalue weighted by Gasteiger charge is 2.55. The summed E-state index contributed by atoms with van der Waals surface area (Å²) in [5.41, 5.74) is 7.89. The maximum absolute atomic E-state index is 11.6. The monoisotopic (exact) mass is 239 g/mol. The Bertz CT molecular complexity index is 478. The van der Waals surface area contributed by atoms with Crippen LogP contribution >= 0.6 is 0 Å². The first-order chi connectivity index (χ1) is 7.45. The third-order valence-electron chi connectivity index (χ3n) is 3.33. The molecule has 0 aromatic heterocycles. The van der Waals surface area contributed by atoms with E-state index in [0.717, 1.165) is 5.56 Å². The quantitative estimate of drug-likeness (QED) is 0.858. The van der Waals surface area contributed by atoms with Gasteiger partial charge in [0.1, 0.15) is 0 Å². The molecular weight excluding hydrogens is 222 g/mol. The van der Waals surface area contributed by atoms with Crippen LogP contribution < -0.4 is 5.73 Å². The van der Waals surface area contributed by atoms with Crippen molar-refractivity contribution in [2.24, 2.45) is 11.7 Å².